The van der Waals surface area contributed by atoms with Crippen LogP contribution in [-0.4, -0.2) is 37.3 Å². The van der Waals surface area contributed by atoms with Crippen molar-refractivity contribution in [2.75, 3.05) is 19.5 Å². The zero-order chi connectivity index (χ0) is 20.6. The van der Waals surface area contributed by atoms with Gasteiger partial charge in [0.2, 0.25) is 0 Å². The van der Waals surface area contributed by atoms with Crippen LogP contribution in [0, 0.1) is 3.57 Å². The fourth-order valence-corrected chi connectivity index (χ4v) is 3.44. The summed E-state index contributed by atoms with van der Waals surface area (Å²) in [5.41, 5.74) is 1.39. The number of benzene rings is 2. The predicted octanol–water partition coefficient (Wildman–Crippen LogP) is 5.65. The van der Waals surface area contributed by atoms with E-state index in [0.717, 1.165) is 8.04 Å². The summed E-state index contributed by atoms with van der Waals surface area (Å²) in [6.07, 6.45) is 0. The molecule has 0 amide bonds. The summed E-state index contributed by atoms with van der Waals surface area (Å²) in [7, 11) is 2.67. The van der Waals surface area contributed by atoms with Gasteiger partial charge >= 0.3 is 11.9 Å². The number of hydrogen-bond acceptors (Lipinski definition) is 5. The minimum atomic E-state index is -0.467. The topological polar surface area (TPSA) is 69.7 Å². The number of rotatable bonds is 4. The number of carbonyl (C=O) groups is 3. The van der Waals surface area contributed by atoms with Crippen molar-refractivity contribution >= 4 is 88.1 Å². The first-order valence-electron chi connectivity index (χ1n) is 7.25. The second-order valence-electron chi connectivity index (χ2n) is 4.86. The van der Waals surface area contributed by atoms with Crippen molar-refractivity contribution in [1.82, 2.24) is 0 Å². The van der Waals surface area contributed by atoms with E-state index >= 15 is 0 Å². The molecule has 2 rings (SSSR count). The number of hydrogen-bond donors (Lipinski definition) is 0. The van der Waals surface area contributed by atoms with E-state index in [2.05, 4.69) is 79.9 Å². The van der Waals surface area contributed by atoms with Crippen LogP contribution in [0.3, 0.4) is 0 Å². The fraction of sp³-hybridized carbons (Fsp3) is 0.167. The zero-order valence-corrected chi connectivity index (χ0v) is 21.1. The molecular weight excluding hydrogens is 663 g/mol. The predicted molar refractivity (Wildman–Crippen MR) is 122 cm³/mol. The van der Waals surface area contributed by atoms with E-state index in [1.165, 1.54) is 20.3 Å². The molecule has 0 aliphatic rings. The highest BCUT2D eigenvalue weighted by molar-refractivity contribution is 14.1. The van der Waals surface area contributed by atoms with Gasteiger partial charge in [-0.15, -0.1) is 0 Å². The quantitative estimate of drug-likeness (QED) is 0.181. The lowest BCUT2D eigenvalue weighted by Crippen LogP contribution is -2.06. The largest absolute Gasteiger partial charge is 0.465 e. The third-order valence-corrected chi connectivity index (χ3v) is 5.71. The standard InChI is InChI=1S/C10H8Br2O3.C8H6BrIO2/c1-15-10(14)7-4-6(9(13)5-11)2-3-8(7)12;1-12-8(11)6-4-5(10)2-3-7(6)9/h2-4H,5H2,1H3;2-4H,1H3. The molecule has 0 aliphatic carbocycles. The van der Waals surface area contributed by atoms with Gasteiger partial charge in [0.1, 0.15) is 0 Å². The smallest absolute Gasteiger partial charge is 0.339 e. The van der Waals surface area contributed by atoms with E-state index in [-0.39, 0.29) is 17.1 Å². The average Bonchev–Trinajstić information content (AvgIpc) is 2.68. The Morgan fingerprint density at radius 3 is 1.85 bits per heavy atom. The number of carbonyl (C=O) groups excluding carboxylic acids is 3. The molecule has 144 valence electrons. The average molecular weight is 677 g/mol. The SMILES string of the molecule is COC(=O)c1cc(C(=O)CBr)ccc1Br.COC(=O)c1cc(I)ccc1Br. The van der Waals surface area contributed by atoms with Gasteiger partial charge in [0, 0.05) is 18.1 Å². The lowest BCUT2D eigenvalue weighted by molar-refractivity contribution is 0.0590. The Morgan fingerprint density at radius 1 is 0.889 bits per heavy atom. The third-order valence-electron chi connectivity index (χ3n) is 3.15. The number of esters is 2. The van der Waals surface area contributed by atoms with Crippen LogP contribution in [0.25, 0.3) is 0 Å². The normalized spacial score (nSPS) is 9.70. The molecular formula is C18H14Br3IO5. The Bertz CT molecular complexity index is 855. The van der Waals surface area contributed by atoms with E-state index in [1.54, 1.807) is 18.2 Å². The molecule has 2 aromatic rings. The van der Waals surface area contributed by atoms with E-state index in [1.807, 2.05) is 12.1 Å². The summed E-state index contributed by atoms with van der Waals surface area (Å²) in [4.78, 5) is 33.8. The Kier molecular flexibility index (Phi) is 10.7. The van der Waals surface area contributed by atoms with Crippen molar-refractivity contribution in [1.29, 1.82) is 0 Å². The number of alkyl halides is 1. The van der Waals surface area contributed by atoms with Crippen molar-refractivity contribution < 1.29 is 23.9 Å². The molecule has 9 heteroatoms. The molecule has 0 saturated heterocycles. The third kappa shape index (κ3) is 7.28. The minimum Gasteiger partial charge on any atom is -0.465 e. The lowest BCUT2D eigenvalue weighted by Gasteiger charge is -2.04. The van der Waals surface area contributed by atoms with Gasteiger partial charge in [0.15, 0.2) is 5.78 Å². The Balaban J connectivity index is 0.000000277. The molecule has 0 spiro atoms. The van der Waals surface area contributed by atoms with Crippen molar-refractivity contribution in [2.45, 2.75) is 0 Å². The Morgan fingerprint density at radius 2 is 1.37 bits per heavy atom. The molecule has 0 fully saturated rings. The van der Waals surface area contributed by atoms with Crippen LogP contribution in [0.15, 0.2) is 45.3 Å². The van der Waals surface area contributed by atoms with Crippen LogP contribution in [0.1, 0.15) is 31.1 Å². The molecule has 0 aliphatic heterocycles. The molecule has 0 aromatic heterocycles. The minimum absolute atomic E-state index is 0.0762. The number of halogens is 4. The molecule has 27 heavy (non-hydrogen) atoms. The molecule has 0 N–H and O–H groups in total. The molecule has 0 atom stereocenters. The molecule has 0 heterocycles. The van der Waals surface area contributed by atoms with Crippen LogP contribution in [-0.2, 0) is 9.47 Å². The number of ether oxygens (including phenoxy) is 2. The van der Waals surface area contributed by atoms with Gasteiger partial charge < -0.3 is 9.47 Å². The molecule has 5 nitrogen and oxygen atoms in total. The van der Waals surface area contributed by atoms with Crippen molar-refractivity contribution in [2.24, 2.45) is 0 Å². The summed E-state index contributed by atoms with van der Waals surface area (Å²) in [6.45, 7) is 0. The molecule has 0 radical (unpaired) electrons. The Labute approximate surface area is 195 Å². The van der Waals surface area contributed by atoms with E-state index in [0.29, 0.717) is 21.2 Å². The van der Waals surface area contributed by atoms with Gasteiger partial charge in [-0.2, -0.15) is 0 Å². The van der Waals surface area contributed by atoms with E-state index in [4.69, 9.17) is 0 Å². The van der Waals surface area contributed by atoms with Crippen molar-refractivity contribution in [3.63, 3.8) is 0 Å². The van der Waals surface area contributed by atoms with Crippen LogP contribution in [0.5, 0.6) is 0 Å². The van der Waals surface area contributed by atoms with E-state index in [9.17, 15) is 14.4 Å². The second kappa shape index (κ2) is 11.9. The first-order chi connectivity index (χ1) is 12.7. The summed E-state index contributed by atoms with van der Waals surface area (Å²) in [5.74, 6) is -0.862. The van der Waals surface area contributed by atoms with Gasteiger partial charge in [-0.25, -0.2) is 9.59 Å². The molecule has 0 bridgehead atoms. The van der Waals surface area contributed by atoms with Gasteiger partial charge in [0.05, 0.1) is 30.7 Å². The maximum atomic E-state index is 11.4. The second-order valence-corrected chi connectivity index (χ2v) is 8.37. The highest BCUT2D eigenvalue weighted by atomic mass is 127. The maximum Gasteiger partial charge on any atom is 0.339 e. The fourth-order valence-electron chi connectivity index (χ4n) is 1.81. The maximum absolute atomic E-state index is 11.4. The lowest BCUT2D eigenvalue weighted by atomic mass is 10.1. The Hall–Kier alpha value is -0.780. The number of methoxy groups -OCH3 is 2. The van der Waals surface area contributed by atoms with Gasteiger partial charge in [0.25, 0.3) is 0 Å². The summed E-state index contributed by atoms with van der Waals surface area (Å²) in [5, 5.41) is 0.231. The van der Waals surface area contributed by atoms with Crippen LogP contribution >= 0.6 is 70.4 Å². The van der Waals surface area contributed by atoms with Crippen molar-refractivity contribution in [3.05, 3.63) is 65.6 Å². The van der Waals surface area contributed by atoms with Crippen LogP contribution in [0.2, 0.25) is 0 Å². The zero-order valence-electron chi connectivity index (χ0n) is 14.2. The monoisotopic (exact) mass is 674 g/mol. The number of ketones is 1. The summed E-state index contributed by atoms with van der Waals surface area (Å²) in [6, 6.07) is 10.3. The first kappa shape index (κ1) is 24.3. The summed E-state index contributed by atoms with van der Waals surface area (Å²) < 4.78 is 11.6. The van der Waals surface area contributed by atoms with E-state index < -0.39 is 5.97 Å². The van der Waals surface area contributed by atoms with Crippen LogP contribution in [0.4, 0.5) is 0 Å². The van der Waals surface area contributed by atoms with Crippen LogP contribution < -0.4 is 0 Å². The highest BCUT2D eigenvalue weighted by Crippen LogP contribution is 2.20. The molecule has 2 aromatic carbocycles. The highest BCUT2D eigenvalue weighted by Gasteiger charge is 2.13. The van der Waals surface area contributed by atoms with Gasteiger partial charge in [-0.05, 0) is 84.8 Å². The van der Waals surface area contributed by atoms with Gasteiger partial charge in [-0.1, -0.05) is 22.0 Å². The number of Topliss-reactive ketones (excluding diaryl/α,β-unsaturated/α-hetero) is 1. The summed E-state index contributed by atoms with van der Waals surface area (Å²) >= 11 is 11.7. The molecule has 0 saturated carbocycles. The molecule has 0 unspecified atom stereocenters. The first-order valence-corrected chi connectivity index (χ1v) is 11.0. The van der Waals surface area contributed by atoms with Crippen molar-refractivity contribution in [3.8, 4) is 0 Å². The van der Waals surface area contributed by atoms with Gasteiger partial charge in [-0.3, -0.25) is 4.79 Å².